The molecule has 6 nitrogen and oxygen atoms in total. The molecule has 1 aliphatic rings. The molecule has 0 unspecified atom stereocenters. The molecule has 2 aromatic rings. The first-order chi connectivity index (χ1) is 11.6. The van der Waals surface area contributed by atoms with Gasteiger partial charge in [-0.1, -0.05) is 5.16 Å². The van der Waals surface area contributed by atoms with Crippen molar-refractivity contribution in [3.63, 3.8) is 0 Å². The molecule has 1 N–H and O–H groups in total. The van der Waals surface area contributed by atoms with Gasteiger partial charge in [0.15, 0.2) is 0 Å². The number of likely N-dealkylation sites (tertiary alicyclic amines) is 1. The Kier molecular flexibility index (Phi) is 4.63. The number of nitrogens with zero attached hydrogens (tertiary/aromatic N) is 3. The van der Waals surface area contributed by atoms with Gasteiger partial charge in [-0.05, 0) is 44.5 Å². The molecule has 1 aromatic carbocycles. The van der Waals surface area contributed by atoms with Crippen molar-refractivity contribution in [3.05, 3.63) is 52.4 Å². The van der Waals surface area contributed by atoms with E-state index in [1.807, 2.05) is 13.8 Å². The van der Waals surface area contributed by atoms with Crippen molar-refractivity contribution in [1.82, 2.24) is 15.4 Å². The zero-order chi connectivity index (χ0) is 17.1. The van der Waals surface area contributed by atoms with Crippen molar-refractivity contribution in [2.45, 2.75) is 32.9 Å². The summed E-state index contributed by atoms with van der Waals surface area (Å²) < 4.78 is 5.20. The highest BCUT2D eigenvalue weighted by atomic mass is 16.5. The van der Waals surface area contributed by atoms with Crippen LogP contribution >= 0.6 is 0 Å². The average Bonchev–Trinajstić information content (AvgIpc) is 3.16. The van der Waals surface area contributed by atoms with Gasteiger partial charge in [0.25, 0.3) is 5.91 Å². The van der Waals surface area contributed by atoms with E-state index in [0.717, 1.165) is 43.1 Å². The lowest BCUT2D eigenvalue weighted by molar-refractivity contribution is 0.0937. The summed E-state index contributed by atoms with van der Waals surface area (Å²) in [6.45, 7) is 6.42. The van der Waals surface area contributed by atoms with Crippen molar-refractivity contribution in [2.24, 2.45) is 0 Å². The molecule has 1 aromatic heterocycles. The number of hydrogen-bond donors (Lipinski definition) is 1. The van der Waals surface area contributed by atoms with Crippen LogP contribution in [0.25, 0.3) is 0 Å². The van der Waals surface area contributed by atoms with E-state index in [4.69, 9.17) is 9.78 Å². The van der Waals surface area contributed by atoms with Gasteiger partial charge in [-0.15, -0.1) is 0 Å². The van der Waals surface area contributed by atoms with E-state index in [9.17, 15) is 4.79 Å². The smallest absolute Gasteiger partial charge is 0.251 e. The fraction of sp³-hybridized carbons (Fsp3) is 0.389. The molecule has 24 heavy (non-hydrogen) atoms. The van der Waals surface area contributed by atoms with Gasteiger partial charge in [0.1, 0.15) is 5.76 Å². The molecule has 0 saturated carbocycles. The molecule has 0 radical (unpaired) electrons. The number of aryl methyl sites for hydroxylation is 2. The lowest BCUT2D eigenvalue weighted by atomic mass is 10.1. The number of benzene rings is 1. The second kappa shape index (κ2) is 6.85. The van der Waals surface area contributed by atoms with E-state index in [1.54, 1.807) is 24.3 Å². The van der Waals surface area contributed by atoms with Crippen LogP contribution in [0.3, 0.4) is 0 Å². The van der Waals surface area contributed by atoms with Gasteiger partial charge in [-0.3, -0.25) is 9.69 Å². The zero-order valence-electron chi connectivity index (χ0n) is 13.9. The summed E-state index contributed by atoms with van der Waals surface area (Å²) in [4.78, 5) is 14.6. The van der Waals surface area contributed by atoms with E-state index >= 15 is 0 Å². The number of nitriles is 1. The van der Waals surface area contributed by atoms with E-state index in [-0.39, 0.29) is 11.9 Å². The van der Waals surface area contributed by atoms with Gasteiger partial charge < -0.3 is 9.84 Å². The van der Waals surface area contributed by atoms with E-state index < -0.39 is 0 Å². The van der Waals surface area contributed by atoms with Crippen molar-refractivity contribution < 1.29 is 9.32 Å². The van der Waals surface area contributed by atoms with Crippen LogP contribution in [0.15, 0.2) is 28.8 Å². The molecule has 1 aliphatic heterocycles. The Morgan fingerprint density at radius 1 is 1.42 bits per heavy atom. The summed E-state index contributed by atoms with van der Waals surface area (Å²) in [5.41, 5.74) is 3.20. The lowest BCUT2D eigenvalue weighted by Crippen LogP contribution is -2.37. The monoisotopic (exact) mass is 324 g/mol. The van der Waals surface area contributed by atoms with Crippen molar-refractivity contribution >= 4 is 5.91 Å². The number of carbonyl (C=O) groups is 1. The third-order valence-corrected chi connectivity index (χ3v) is 4.45. The maximum Gasteiger partial charge on any atom is 0.251 e. The number of carbonyl (C=O) groups excluding carboxylic acids is 1. The summed E-state index contributed by atoms with van der Waals surface area (Å²) in [7, 11) is 0. The maximum atomic E-state index is 12.3. The first-order valence-electron chi connectivity index (χ1n) is 8.02. The van der Waals surface area contributed by atoms with Gasteiger partial charge in [0.2, 0.25) is 0 Å². The van der Waals surface area contributed by atoms with Crippen LogP contribution in [0, 0.1) is 25.2 Å². The van der Waals surface area contributed by atoms with Crippen molar-refractivity contribution in [1.29, 1.82) is 5.26 Å². The van der Waals surface area contributed by atoms with Crippen LogP contribution in [0.5, 0.6) is 0 Å². The molecule has 1 atom stereocenters. The molecular weight excluding hydrogens is 304 g/mol. The predicted octanol–water partition coefficient (Wildman–Crippen LogP) is 2.17. The first kappa shape index (κ1) is 16.2. The summed E-state index contributed by atoms with van der Waals surface area (Å²) >= 11 is 0. The molecule has 2 heterocycles. The molecule has 1 fully saturated rings. The number of amides is 1. The second-order valence-corrected chi connectivity index (χ2v) is 6.19. The van der Waals surface area contributed by atoms with Crippen LogP contribution in [0.2, 0.25) is 0 Å². The summed E-state index contributed by atoms with van der Waals surface area (Å²) in [5.74, 6) is 0.765. The summed E-state index contributed by atoms with van der Waals surface area (Å²) in [5, 5.41) is 15.9. The highest BCUT2D eigenvalue weighted by Crippen LogP contribution is 2.19. The minimum atomic E-state index is -0.0938. The number of rotatable bonds is 4. The van der Waals surface area contributed by atoms with Crippen LogP contribution < -0.4 is 5.32 Å². The standard InChI is InChI=1S/C18H20N4O2/c1-12-17(13(2)24-21-12)11-22-8-7-16(10-22)20-18(23)15-5-3-14(9-19)4-6-15/h3-6,16H,7-8,10-11H2,1-2H3,(H,20,23)/t16-/m0/s1. The zero-order valence-corrected chi connectivity index (χ0v) is 13.9. The molecule has 1 saturated heterocycles. The predicted molar refractivity (Wildman–Crippen MR) is 88.3 cm³/mol. The highest BCUT2D eigenvalue weighted by Gasteiger charge is 2.25. The van der Waals surface area contributed by atoms with Gasteiger partial charge >= 0.3 is 0 Å². The van der Waals surface area contributed by atoms with E-state index in [0.29, 0.717) is 11.1 Å². The molecule has 3 rings (SSSR count). The molecule has 0 spiro atoms. The molecule has 6 heteroatoms. The van der Waals surface area contributed by atoms with Crippen LogP contribution in [0.1, 0.15) is 39.4 Å². The second-order valence-electron chi connectivity index (χ2n) is 6.19. The van der Waals surface area contributed by atoms with E-state index in [1.165, 1.54) is 0 Å². The number of aromatic nitrogens is 1. The molecule has 0 aliphatic carbocycles. The summed E-state index contributed by atoms with van der Waals surface area (Å²) in [6, 6.07) is 8.87. The van der Waals surface area contributed by atoms with Gasteiger partial charge in [0, 0.05) is 36.8 Å². The Morgan fingerprint density at radius 2 is 2.17 bits per heavy atom. The third kappa shape index (κ3) is 3.47. The Bertz CT molecular complexity index is 754. The largest absolute Gasteiger partial charge is 0.361 e. The Hall–Kier alpha value is -2.65. The lowest BCUT2D eigenvalue weighted by Gasteiger charge is -2.16. The third-order valence-electron chi connectivity index (χ3n) is 4.45. The molecule has 1 amide bonds. The summed E-state index contributed by atoms with van der Waals surface area (Å²) in [6.07, 6.45) is 0.922. The van der Waals surface area contributed by atoms with Crippen LogP contribution in [-0.4, -0.2) is 35.1 Å². The molecular formula is C18H20N4O2. The topological polar surface area (TPSA) is 82.2 Å². The molecule has 0 bridgehead atoms. The average molecular weight is 324 g/mol. The normalized spacial score (nSPS) is 17.6. The Balaban J connectivity index is 1.56. The fourth-order valence-corrected chi connectivity index (χ4v) is 3.01. The maximum absolute atomic E-state index is 12.3. The first-order valence-corrected chi connectivity index (χ1v) is 8.02. The Labute approximate surface area is 141 Å². The number of nitrogens with one attached hydrogen (secondary N) is 1. The van der Waals surface area contributed by atoms with Crippen molar-refractivity contribution in [2.75, 3.05) is 13.1 Å². The van der Waals surface area contributed by atoms with Crippen LogP contribution in [0.4, 0.5) is 0 Å². The minimum Gasteiger partial charge on any atom is -0.361 e. The van der Waals surface area contributed by atoms with Crippen molar-refractivity contribution in [3.8, 4) is 6.07 Å². The highest BCUT2D eigenvalue weighted by molar-refractivity contribution is 5.94. The van der Waals surface area contributed by atoms with Gasteiger partial charge in [-0.25, -0.2) is 0 Å². The number of hydrogen-bond acceptors (Lipinski definition) is 5. The minimum absolute atomic E-state index is 0.0938. The van der Waals surface area contributed by atoms with Gasteiger partial charge in [0.05, 0.1) is 17.3 Å². The van der Waals surface area contributed by atoms with E-state index in [2.05, 4.69) is 21.4 Å². The van der Waals surface area contributed by atoms with Crippen LogP contribution in [-0.2, 0) is 6.54 Å². The quantitative estimate of drug-likeness (QED) is 0.932. The fourth-order valence-electron chi connectivity index (χ4n) is 3.01. The Morgan fingerprint density at radius 3 is 2.79 bits per heavy atom. The van der Waals surface area contributed by atoms with Gasteiger partial charge in [-0.2, -0.15) is 5.26 Å². The molecule has 124 valence electrons. The SMILES string of the molecule is Cc1noc(C)c1CN1CC[C@H](NC(=O)c2ccc(C#N)cc2)C1.